The van der Waals surface area contributed by atoms with Crippen LogP contribution in [0.3, 0.4) is 0 Å². The Bertz CT molecular complexity index is 330. The van der Waals surface area contributed by atoms with Crippen molar-refractivity contribution in [1.29, 1.82) is 0 Å². The standard InChI is InChI=1S/C16H26N2/c1-3-16(15-9-5-4-6-10-15)17-14(2)13-18-11-7-8-12-18/h4-6,9-10,14,16-17H,3,7-8,11-13H2,1-2H3. The SMILES string of the molecule is CCC(NC(C)CN1CCCC1)c1ccccc1. The lowest BCUT2D eigenvalue weighted by Gasteiger charge is -2.26. The predicted octanol–water partition coefficient (Wildman–Crippen LogP) is 3.21. The van der Waals surface area contributed by atoms with Crippen LogP contribution in [0.1, 0.15) is 44.7 Å². The topological polar surface area (TPSA) is 15.3 Å². The Morgan fingerprint density at radius 3 is 2.44 bits per heavy atom. The first kappa shape index (κ1) is 13.6. The Kier molecular flexibility index (Phi) is 5.21. The summed E-state index contributed by atoms with van der Waals surface area (Å²) in [5, 5.41) is 3.77. The third kappa shape index (κ3) is 3.82. The highest BCUT2D eigenvalue weighted by molar-refractivity contribution is 5.18. The molecule has 1 saturated heterocycles. The molecule has 2 rings (SSSR count). The van der Waals surface area contributed by atoms with Gasteiger partial charge in [-0.05, 0) is 44.8 Å². The van der Waals surface area contributed by atoms with E-state index in [0.29, 0.717) is 12.1 Å². The molecule has 1 aliphatic rings. The van der Waals surface area contributed by atoms with Gasteiger partial charge in [0.25, 0.3) is 0 Å². The van der Waals surface area contributed by atoms with Crippen LogP contribution in [-0.4, -0.2) is 30.6 Å². The van der Waals surface area contributed by atoms with E-state index >= 15 is 0 Å². The third-order valence-corrected chi connectivity index (χ3v) is 3.83. The van der Waals surface area contributed by atoms with Crippen LogP contribution >= 0.6 is 0 Å². The van der Waals surface area contributed by atoms with Gasteiger partial charge in [-0.2, -0.15) is 0 Å². The second kappa shape index (κ2) is 6.91. The van der Waals surface area contributed by atoms with Crippen LogP contribution < -0.4 is 5.32 Å². The molecule has 100 valence electrons. The lowest BCUT2D eigenvalue weighted by Crippen LogP contribution is -2.39. The molecule has 0 bridgehead atoms. The molecule has 0 spiro atoms. The Morgan fingerprint density at radius 1 is 1.17 bits per heavy atom. The van der Waals surface area contributed by atoms with Crippen molar-refractivity contribution in [3.8, 4) is 0 Å². The highest BCUT2D eigenvalue weighted by Gasteiger charge is 2.17. The molecule has 2 unspecified atom stereocenters. The van der Waals surface area contributed by atoms with Crippen LogP contribution in [0.2, 0.25) is 0 Å². The molecule has 0 saturated carbocycles. The van der Waals surface area contributed by atoms with E-state index in [1.165, 1.54) is 38.0 Å². The zero-order valence-electron chi connectivity index (χ0n) is 11.7. The molecule has 1 aromatic carbocycles. The van der Waals surface area contributed by atoms with Crippen LogP contribution in [-0.2, 0) is 0 Å². The maximum absolute atomic E-state index is 3.77. The molecule has 2 heteroatoms. The minimum absolute atomic E-state index is 0.490. The minimum atomic E-state index is 0.490. The molecule has 2 nitrogen and oxygen atoms in total. The largest absolute Gasteiger partial charge is 0.306 e. The summed E-state index contributed by atoms with van der Waals surface area (Å²) in [5.41, 5.74) is 1.41. The number of hydrogen-bond donors (Lipinski definition) is 1. The van der Waals surface area contributed by atoms with Gasteiger partial charge in [-0.15, -0.1) is 0 Å². The van der Waals surface area contributed by atoms with E-state index in [-0.39, 0.29) is 0 Å². The number of hydrogen-bond acceptors (Lipinski definition) is 2. The maximum Gasteiger partial charge on any atom is 0.0320 e. The smallest absolute Gasteiger partial charge is 0.0320 e. The molecular formula is C16H26N2. The van der Waals surface area contributed by atoms with Crippen LogP contribution in [0, 0.1) is 0 Å². The molecule has 2 atom stereocenters. The molecule has 1 heterocycles. The van der Waals surface area contributed by atoms with Gasteiger partial charge in [-0.3, -0.25) is 0 Å². The van der Waals surface area contributed by atoms with E-state index in [1.54, 1.807) is 0 Å². The first-order valence-corrected chi connectivity index (χ1v) is 7.33. The molecular weight excluding hydrogens is 220 g/mol. The van der Waals surface area contributed by atoms with Gasteiger partial charge in [0.1, 0.15) is 0 Å². The number of likely N-dealkylation sites (tertiary alicyclic amines) is 1. The fourth-order valence-corrected chi connectivity index (χ4v) is 2.88. The van der Waals surface area contributed by atoms with Crippen molar-refractivity contribution in [2.45, 2.75) is 45.2 Å². The molecule has 0 amide bonds. The van der Waals surface area contributed by atoms with E-state index in [9.17, 15) is 0 Å². The van der Waals surface area contributed by atoms with E-state index in [0.717, 1.165) is 6.42 Å². The second-order valence-electron chi connectivity index (χ2n) is 5.45. The number of nitrogens with one attached hydrogen (secondary N) is 1. The van der Waals surface area contributed by atoms with Gasteiger partial charge in [0.2, 0.25) is 0 Å². The summed E-state index contributed by atoms with van der Waals surface area (Å²) in [6.07, 6.45) is 3.90. The fourth-order valence-electron chi connectivity index (χ4n) is 2.88. The van der Waals surface area contributed by atoms with E-state index in [4.69, 9.17) is 0 Å². The summed E-state index contributed by atoms with van der Waals surface area (Å²) in [7, 11) is 0. The molecule has 0 aromatic heterocycles. The Hall–Kier alpha value is -0.860. The van der Waals surface area contributed by atoms with Gasteiger partial charge < -0.3 is 10.2 Å². The van der Waals surface area contributed by atoms with Gasteiger partial charge in [-0.25, -0.2) is 0 Å². The van der Waals surface area contributed by atoms with Gasteiger partial charge in [-0.1, -0.05) is 37.3 Å². The summed E-state index contributed by atoms with van der Waals surface area (Å²) >= 11 is 0. The summed E-state index contributed by atoms with van der Waals surface area (Å²) in [5.74, 6) is 0. The zero-order valence-corrected chi connectivity index (χ0v) is 11.7. The zero-order chi connectivity index (χ0) is 12.8. The van der Waals surface area contributed by atoms with E-state index in [2.05, 4.69) is 54.4 Å². The average molecular weight is 246 g/mol. The summed E-state index contributed by atoms with van der Waals surface area (Å²) in [4.78, 5) is 2.58. The van der Waals surface area contributed by atoms with Crippen LogP contribution in [0.4, 0.5) is 0 Å². The lowest BCUT2D eigenvalue weighted by molar-refractivity contribution is 0.284. The first-order valence-electron chi connectivity index (χ1n) is 7.33. The van der Waals surface area contributed by atoms with Crippen molar-refractivity contribution < 1.29 is 0 Å². The monoisotopic (exact) mass is 246 g/mol. The highest BCUT2D eigenvalue weighted by Crippen LogP contribution is 2.17. The number of nitrogens with zero attached hydrogens (tertiary/aromatic N) is 1. The summed E-state index contributed by atoms with van der Waals surface area (Å²) in [6, 6.07) is 11.9. The predicted molar refractivity (Wildman–Crippen MR) is 77.7 cm³/mol. The molecule has 1 fully saturated rings. The van der Waals surface area contributed by atoms with Gasteiger partial charge in [0, 0.05) is 18.6 Å². The number of rotatable bonds is 6. The van der Waals surface area contributed by atoms with Crippen LogP contribution in [0.5, 0.6) is 0 Å². The van der Waals surface area contributed by atoms with Crippen LogP contribution in [0.25, 0.3) is 0 Å². The first-order chi connectivity index (χ1) is 8.79. The Labute approximate surface area is 111 Å². The van der Waals surface area contributed by atoms with Crippen molar-refractivity contribution >= 4 is 0 Å². The van der Waals surface area contributed by atoms with E-state index in [1.807, 2.05) is 0 Å². The summed E-state index contributed by atoms with van der Waals surface area (Å²) in [6.45, 7) is 8.32. The van der Waals surface area contributed by atoms with E-state index < -0.39 is 0 Å². The number of benzene rings is 1. The normalized spacial score (nSPS) is 19.9. The second-order valence-corrected chi connectivity index (χ2v) is 5.45. The van der Waals surface area contributed by atoms with Crippen molar-refractivity contribution in [1.82, 2.24) is 10.2 Å². The van der Waals surface area contributed by atoms with Crippen molar-refractivity contribution in [2.75, 3.05) is 19.6 Å². The average Bonchev–Trinajstić information content (AvgIpc) is 2.90. The highest BCUT2D eigenvalue weighted by atomic mass is 15.2. The van der Waals surface area contributed by atoms with Gasteiger partial charge in [0.05, 0.1) is 0 Å². The molecule has 18 heavy (non-hydrogen) atoms. The minimum Gasteiger partial charge on any atom is -0.306 e. The lowest BCUT2D eigenvalue weighted by atomic mass is 10.0. The Morgan fingerprint density at radius 2 is 1.83 bits per heavy atom. The molecule has 1 N–H and O–H groups in total. The van der Waals surface area contributed by atoms with Gasteiger partial charge >= 0.3 is 0 Å². The van der Waals surface area contributed by atoms with Crippen molar-refractivity contribution in [2.24, 2.45) is 0 Å². The molecule has 1 aromatic rings. The summed E-state index contributed by atoms with van der Waals surface area (Å²) < 4.78 is 0. The van der Waals surface area contributed by atoms with Crippen molar-refractivity contribution in [3.05, 3.63) is 35.9 Å². The van der Waals surface area contributed by atoms with Crippen molar-refractivity contribution in [3.63, 3.8) is 0 Å². The Balaban J connectivity index is 1.85. The fraction of sp³-hybridized carbons (Fsp3) is 0.625. The maximum atomic E-state index is 3.77. The third-order valence-electron chi connectivity index (χ3n) is 3.83. The van der Waals surface area contributed by atoms with Gasteiger partial charge in [0.15, 0.2) is 0 Å². The molecule has 0 radical (unpaired) electrons. The molecule has 0 aliphatic carbocycles. The molecule has 1 aliphatic heterocycles. The quantitative estimate of drug-likeness (QED) is 0.829. The van der Waals surface area contributed by atoms with Crippen LogP contribution in [0.15, 0.2) is 30.3 Å².